The van der Waals surface area contributed by atoms with Gasteiger partial charge in [0.05, 0.1) is 12.5 Å². The predicted molar refractivity (Wildman–Crippen MR) is 119 cm³/mol. The molecule has 5 rings (SSSR count). The van der Waals surface area contributed by atoms with Crippen molar-refractivity contribution in [2.45, 2.75) is 42.3 Å². The Hall–Kier alpha value is -2.03. The fraction of sp³-hybridized carbons (Fsp3) is 0.409. The van der Waals surface area contributed by atoms with Gasteiger partial charge in [0.1, 0.15) is 16.7 Å². The van der Waals surface area contributed by atoms with Crippen molar-refractivity contribution in [3.05, 3.63) is 53.1 Å². The Morgan fingerprint density at radius 3 is 2.81 bits per heavy atom. The zero-order valence-electron chi connectivity index (χ0n) is 17.1. The molecule has 0 spiro atoms. The largest absolute Gasteiger partial charge is 0.467 e. The molecule has 31 heavy (non-hydrogen) atoms. The first-order chi connectivity index (χ1) is 15.0. The van der Waals surface area contributed by atoms with Gasteiger partial charge in [-0.15, -0.1) is 11.8 Å². The van der Waals surface area contributed by atoms with Crippen molar-refractivity contribution in [2.24, 2.45) is 0 Å². The Balaban J connectivity index is 0.000000212. The van der Waals surface area contributed by atoms with Gasteiger partial charge in [-0.2, -0.15) is 9.97 Å². The van der Waals surface area contributed by atoms with E-state index < -0.39 is 12.0 Å². The van der Waals surface area contributed by atoms with Gasteiger partial charge in [-0.25, -0.2) is 13.8 Å². The third-order valence-corrected chi connectivity index (χ3v) is 6.77. The summed E-state index contributed by atoms with van der Waals surface area (Å²) < 4.78 is 31.8. The van der Waals surface area contributed by atoms with Crippen LogP contribution in [0.25, 0.3) is 10.9 Å². The van der Waals surface area contributed by atoms with Gasteiger partial charge in [-0.1, -0.05) is 41.9 Å². The maximum absolute atomic E-state index is 14.1. The van der Waals surface area contributed by atoms with E-state index in [1.165, 1.54) is 37.9 Å². The van der Waals surface area contributed by atoms with Gasteiger partial charge in [0.2, 0.25) is 0 Å². The van der Waals surface area contributed by atoms with Crippen molar-refractivity contribution in [3.8, 4) is 6.01 Å². The first kappa shape index (κ1) is 22.2. The minimum atomic E-state index is -0.665. The Labute approximate surface area is 189 Å². The summed E-state index contributed by atoms with van der Waals surface area (Å²) >= 11 is 7.18. The predicted octanol–water partition coefficient (Wildman–Crippen LogP) is 5.31. The first-order valence-corrected chi connectivity index (χ1v) is 11.5. The SMILES string of the molecule is COc1nc(SCc2ccccc2)c2cnc(Cl)c(F)c2n1.FC1CC2CCCN2C1. The normalized spacial score (nSPS) is 20.4. The second-order valence-electron chi connectivity index (χ2n) is 7.54. The lowest BCUT2D eigenvalue weighted by Crippen LogP contribution is -2.22. The molecule has 2 fully saturated rings. The van der Waals surface area contributed by atoms with E-state index in [1.54, 1.807) is 0 Å². The van der Waals surface area contributed by atoms with Crippen molar-refractivity contribution < 1.29 is 13.5 Å². The highest BCUT2D eigenvalue weighted by molar-refractivity contribution is 7.98. The van der Waals surface area contributed by atoms with E-state index >= 15 is 0 Å². The molecule has 0 radical (unpaired) electrons. The molecule has 1 aromatic carbocycles. The number of nitrogens with zero attached hydrogens (tertiary/aromatic N) is 4. The molecule has 3 aromatic rings. The molecular formula is C22H23ClF2N4OS. The van der Waals surface area contributed by atoms with Gasteiger partial charge in [0.25, 0.3) is 0 Å². The summed E-state index contributed by atoms with van der Waals surface area (Å²) in [6, 6.07) is 10.6. The molecule has 0 bridgehead atoms. The molecule has 2 atom stereocenters. The first-order valence-electron chi connectivity index (χ1n) is 10.2. The number of hydrogen-bond acceptors (Lipinski definition) is 6. The van der Waals surface area contributed by atoms with E-state index in [2.05, 4.69) is 19.9 Å². The summed E-state index contributed by atoms with van der Waals surface area (Å²) in [6.45, 7) is 1.86. The average molecular weight is 465 g/mol. The van der Waals surface area contributed by atoms with Crippen LogP contribution in [-0.2, 0) is 5.75 Å². The molecule has 0 N–H and O–H groups in total. The number of halogens is 3. The van der Waals surface area contributed by atoms with Crippen molar-refractivity contribution in [1.29, 1.82) is 0 Å². The van der Waals surface area contributed by atoms with E-state index in [1.807, 2.05) is 30.3 Å². The van der Waals surface area contributed by atoms with E-state index in [0.717, 1.165) is 18.5 Å². The van der Waals surface area contributed by atoms with Gasteiger partial charge in [-0.05, 0) is 31.4 Å². The summed E-state index contributed by atoms with van der Waals surface area (Å²) in [5, 5.41) is 0.907. The summed E-state index contributed by atoms with van der Waals surface area (Å²) in [4.78, 5) is 14.4. The number of rotatable bonds is 4. The van der Waals surface area contributed by atoms with Crippen LogP contribution in [0.5, 0.6) is 6.01 Å². The van der Waals surface area contributed by atoms with E-state index in [-0.39, 0.29) is 16.7 Å². The van der Waals surface area contributed by atoms with Crippen molar-refractivity contribution in [1.82, 2.24) is 19.9 Å². The topological polar surface area (TPSA) is 51.1 Å². The molecule has 0 amide bonds. The number of methoxy groups -OCH3 is 1. The molecular weight excluding hydrogens is 442 g/mol. The monoisotopic (exact) mass is 464 g/mol. The van der Waals surface area contributed by atoms with Crippen LogP contribution in [0.3, 0.4) is 0 Å². The molecule has 2 saturated heterocycles. The average Bonchev–Trinajstić information content (AvgIpc) is 3.36. The van der Waals surface area contributed by atoms with Crippen molar-refractivity contribution >= 4 is 34.3 Å². The number of fused-ring (bicyclic) bond motifs is 2. The van der Waals surface area contributed by atoms with Gasteiger partial charge in [-0.3, -0.25) is 4.90 Å². The highest BCUT2D eigenvalue weighted by atomic mass is 35.5. The fourth-order valence-electron chi connectivity index (χ4n) is 3.94. The van der Waals surface area contributed by atoms with Crippen LogP contribution in [0.4, 0.5) is 8.78 Å². The molecule has 2 aromatic heterocycles. The fourth-order valence-corrected chi connectivity index (χ4v) is 5.02. The molecule has 0 saturated carbocycles. The number of aromatic nitrogens is 3. The molecule has 2 aliphatic heterocycles. The number of thioether (sulfide) groups is 1. The Morgan fingerprint density at radius 2 is 2.06 bits per heavy atom. The van der Waals surface area contributed by atoms with Crippen LogP contribution in [0.2, 0.25) is 5.15 Å². The Morgan fingerprint density at radius 1 is 1.26 bits per heavy atom. The van der Waals surface area contributed by atoms with Crippen LogP contribution < -0.4 is 4.74 Å². The number of ether oxygens (including phenoxy) is 1. The lowest BCUT2D eigenvalue weighted by Gasteiger charge is -2.11. The number of alkyl halides is 1. The summed E-state index contributed by atoms with van der Waals surface area (Å²) in [6.07, 6.45) is 4.29. The van der Waals surface area contributed by atoms with E-state index in [9.17, 15) is 8.78 Å². The maximum atomic E-state index is 14.1. The minimum absolute atomic E-state index is 0.101. The summed E-state index contributed by atoms with van der Waals surface area (Å²) in [5.74, 6) is 0.0295. The molecule has 2 unspecified atom stereocenters. The minimum Gasteiger partial charge on any atom is -0.467 e. The van der Waals surface area contributed by atoms with Gasteiger partial charge in [0.15, 0.2) is 11.0 Å². The lowest BCUT2D eigenvalue weighted by atomic mass is 10.1. The van der Waals surface area contributed by atoms with E-state index in [0.29, 0.717) is 28.8 Å². The molecule has 164 valence electrons. The second kappa shape index (κ2) is 10.1. The maximum Gasteiger partial charge on any atom is 0.317 e. The standard InChI is InChI=1S/C15H11ClFN3OS.C7H12FN/c1-21-15-19-12-10(7-18-13(16)11(12)17)14(20-15)22-8-9-5-3-2-4-6-9;8-6-4-7-2-1-3-9(7)5-6/h2-7H,8H2,1H3;6-7H,1-5H2. The molecule has 4 heterocycles. The summed E-state index contributed by atoms with van der Waals surface area (Å²) in [5.41, 5.74) is 1.25. The van der Waals surface area contributed by atoms with Crippen LogP contribution in [0.1, 0.15) is 24.8 Å². The molecule has 2 aliphatic rings. The third-order valence-electron chi connectivity index (χ3n) is 5.45. The van der Waals surface area contributed by atoms with Crippen molar-refractivity contribution in [2.75, 3.05) is 20.2 Å². The van der Waals surface area contributed by atoms with Crippen LogP contribution in [0, 0.1) is 5.82 Å². The van der Waals surface area contributed by atoms with Crippen LogP contribution in [-0.4, -0.2) is 52.3 Å². The van der Waals surface area contributed by atoms with Gasteiger partial charge < -0.3 is 4.74 Å². The quantitative estimate of drug-likeness (QED) is 0.296. The highest BCUT2D eigenvalue weighted by Gasteiger charge is 2.34. The molecule has 5 nitrogen and oxygen atoms in total. The zero-order valence-corrected chi connectivity index (χ0v) is 18.7. The van der Waals surface area contributed by atoms with Crippen LogP contribution >= 0.6 is 23.4 Å². The Bertz CT molecular complexity index is 1030. The van der Waals surface area contributed by atoms with E-state index in [4.69, 9.17) is 16.3 Å². The third kappa shape index (κ3) is 5.25. The lowest BCUT2D eigenvalue weighted by molar-refractivity contribution is 0.292. The number of benzene rings is 1. The Kier molecular flexibility index (Phi) is 7.20. The smallest absolute Gasteiger partial charge is 0.317 e. The zero-order chi connectivity index (χ0) is 21.8. The van der Waals surface area contributed by atoms with Gasteiger partial charge >= 0.3 is 6.01 Å². The van der Waals surface area contributed by atoms with Crippen molar-refractivity contribution in [3.63, 3.8) is 0 Å². The second-order valence-corrected chi connectivity index (χ2v) is 8.86. The number of pyridine rings is 1. The molecule has 9 heteroatoms. The summed E-state index contributed by atoms with van der Waals surface area (Å²) in [7, 11) is 1.44. The van der Waals surface area contributed by atoms with Gasteiger partial charge in [0, 0.05) is 24.5 Å². The van der Waals surface area contributed by atoms with Crippen LogP contribution in [0.15, 0.2) is 41.6 Å². The highest BCUT2D eigenvalue weighted by Crippen LogP contribution is 2.32. The number of hydrogen-bond donors (Lipinski definition) is 0. The molecule has 0 aliphatic carbocycles.